The van der Waals surface area contributed by atoms with E-state index in [-0.39, 0.29) is 47.2 Å². The molecular formula is C43H40O14. The molecule has 1 fully saturated rings. The first kappa shape index (κ1) is 40.0. The van der Waals surface area contributed by atoms with Gasteiger partial charge in [-0.25, -0.2) is 0 Å². The number of fused-ring (bicyclic) bond motifs is 1. The maximum Gasteiger partial charge on any atom is 0.303 e. The fourth-order valence-electron chi connectivity index (χ4n) is 6.22. The summed E-state index contributed by atoms with van der Waals surface area (Å²) in [6, 6.07) is 30.2. The molecule has 0 radical (unpaired) electrons. The van der Waals surface area contributed by atoms with Crippen LogP contribution in [0.25, 0.3) is 22.3 Å². The van der Waals surface area contributed by atoms with Gasteiger partial charge in [0, 0.05) is 45.4 Å². The molecule has 2 heterocycles. The van der Waals surface area contributed by atoms with Gasteiger partial charge >= 0.3 is 23.9 Å². The highest BCUT2D eigenvalue weighted by Gasteiger charge is 2.53. The Kier molecular flexibility index (Phi) is 12.9. The first-order chi connectivity index (χ1) is 27.5. The Morgan fingerprint density at radius 3 is 1.70 bits per heavy atom. The van der Waals surface area contributed by atoms with E-state index in [9.17, 15) is 24.0 Å². The van der Waals surface area contributed by atoms with Gasteiger partial charge in [0.05, 0.1) is 0 Å². The first-order valence-corrected chi connectivity index (χ1v) is 18.0. The number of carbonyl (C=O) groups is 4. The van der Waals surface area contributed by atoms with Gasteiger partial charge in [0.25, 0.3) is 0 Å². The molecule has 296 valence electrons. The summed E-state index contributed by atoms with van der Waals surface area (Å²) < 4.78 is 54.0. The minimum atomic E-state index is -1.65. The van der Waals surface area contributed by atoms with Crippen molar-refractivity contribution < 1.29 is 61.5 Å². The van der Waals surface area contributed by atoms with Crippen molar-refractivity contribution in [1.29, 1.82) is 0 Å². The molecule has 1 saturated heterocycles. The molecule has 14 heteroatoms. The van der Waals surface area contributed by atoms with E-state index in [0.717, 1.165) is 31.9 Å². The van der Waals surface area contributed by atoms with Crippen LogP contribution in [0.2, 0.25) is 0 Å². The SMILES string of the molecule is CC(=O)OC[C@H]1O[C@@H](Oc2cc3oc(-c4ccccc4)cc(=O)c3c(OCc3ccccc3)c2OCc2ccccc2)[C@@H](OC(C)=O)[C@@H](OC(C)=O)[C@@H]1OC(C)=O. The third-order valence-corrected chi connectivity index (χ3v) is 8.60. The molecule has 0 saturated carbocycles. The monoisotopic (exact) mass is 780 g/mol. The molecule has 5 aromatic rings. The number of hydrogen-bond donors (Lipinski definition) is 0. The van der Waals surface area contributed by atoms with Crippen LogP contribution in [0.5, 0.6) is 17.2 Å². The van der Waals surface area contributed by atoms with Gasteiger partial charge < -0.3 is 42.3 Å². The van der Waals surface area contributed by atoms with Gasteiger partial charge in [-0.2, -0.15) is 0 Å². The number of benzene rings is 4. The summed E-state index contributed by atoms with van der Waals surface area (Å²) in [4.78, 5) is 63.5. The number of hydrogen-bond acceptors (Lipinski definition) is 14. The highest BCUT2D eigenvalue weighted by Crippen LogP contribution is 2.46. The van der Waals surface area contributed by atoms with Crippen LogP contribution in [-0.2, 0) is 56.1 Å². The van der Waals surface area contributed by atoms with Gasteiger partial charge in [0.1, 0.15) is 42.7 Å². The Morgan fingerprint density at radius 2 is 1.14 bits per heavy atom. The van der Waals surface area contributed by atoms with Gasteiger partial charge in [-0.15, -0.1) is 0 Å². The molecule has 5 atom stereocenters. The molecule has 0 bridgehead atoms. The first-order valence-electron chi connectivity index (χ1n) is 18.0. The minimum Gasteiger partial charge on any atom is -0.484 e. The van der Waals surface area contributed by atoms with Crippen molar-refractivity contribution in [3.63, 3.8) is 0 Å². The van der Waals surface area contributed by atoms with E-state index in [1.807, 2.05) is 66.7 Å². The Balaban J connectivity index is 1.55. The average molecular weight is 781 g/mol. The minimum absolute atomic E-state index is 0.0000182. The molecule has 0 spiro atoms. The standard InChI is InChI=1S/C43H40O14/c1-25(44)49-24-36-39(52-26(2)45)41(53-27(3)46)42(54-28(4)47)43(57-36)56-35-21-34-37(32(48)20-33(55-34)31-18-12-7-13-19-31)40(51-23-30-16-10-6-11-17-30)38(35)50-22-29-14-8-5-9-15-29/h5-21,36,39,41-43H,22-24H2,1-4H3/t36-,39-,41+,42+,43-/m1/s1. The zero-order valence-corrected chi connectivity index (χ0v) is 31.5. The molecule has 1 aromatic heterocycles. The van der Waals surface area contributed by atoms with Crippen LogP contribution in [0.3, 0.4) is 0 Å². The Bertz CT molecular complexity index is 2250. The fraction of sp³-hybridized carbons (Fsp3) is 0.279. The van der Waals surface area contributed by atoms with Crippen molar-refractivity contribution in [2.45, 2.75) is 71.6 Å². The van der Waals surface area contributed by atoms with E-state index in [1.165, 1.54) is 19.1 Å². The summed E-state index contributed by atoms with van der Waals surface area (Å²) in [7, 11) is 0. The zero-order valence-electron chi connectivity index (χ0n) is 31.5. The summed E-state index contributed by atoms with van der Waals surface area (Å²) in [6.45, 7) is 4.03. The third kappa shape index (κ3) is 10.2. The lowest BCUT2D eigenvalue weighted by Crippen LogP contribution is -2.63. The van der Waals surface area contributed by atoms with Gasteiger partial charge in [0.15, 0.2) is 29.1 Å². The molecule has 1 aliphatic heterocycles. The quantitative estimate of drug-likeness (QED) is 0.0937. The largest absolute Gasteiger partial charge is 0.484 e. The van der Waals surface area contributed by atoms with Gasteiger partial charge in [-0.3, -0.25) is 24.0 Å². The van der Waals surface area contributed by atoms with Crippen molar-refractivity contribution in [1.82, 2.24) is 0 Å². The van der Waals surface area contributed by atoms with Crippen LogP contribution in [-0.4, -0.2) is 61.2 Å². The van der Waals surface area contributed by atoms with E-state index in [1.54, 1.807) is 24.3 Å². The van der Waals surface area contributed by atoms with Crippen LogP contribution in [0.15, 0.2) is 112 Å². The van der Waals surface area contributed by atoms with Crippen molar-refractivity contribution in [3.05, 3.63) is 124 Å². The van der Waals surface area contributed by atoms with Gasteiger partial charge in [-0.05, 0) is 11.1 Å². The van der Waals surface area contributed by atoms with E-state index < -0.39 is 66.6 Å². The maximum absolute atomic E-state index is 14.1. The molecule has 1 aliphatic rings. The van der Waals surface area contributed by atoms with Crippen LogP contribution in [0, 0.1) is 0 Å². The van der Waals surface area contributed by atoms with Crippen molar-refractivity contribution in [2.24, 2.45) is 0 Å². The van der Waals surface area contributed by atoms with Crippen molar-refractivity contribution in [3.8, 4) is 28.6 Å². The van der Waals surface area contributed by atoms with Crippen LogP contribution in [0.1, 0.15) is 38.8 Å². The summed E-state index contributed by atoms with van der Waals surface area (Å²) >= 11 is 0. The second-order valence-corrected chi connectivity index (χ2v) is 13.0. The molecular weight excluding hydrogens is 740 g/mol. The molecule has 4 aromatic carbocycles. The predicted molar refractivity (Wildman–Crippen MR) is 202 cm³/mol. The van der Waals surface area contributed by atoms with Crippen molar-refractivity contribution in [2.75, 3.05) is 6.61 Å². The van der Waals surface area contributed by atoms with Gasteiger partial charge in [-0.1, -0.05) is 91.0 Å². The highest BCUT2D eigenvalue weighted by atomic mass is 16.7. The number of esters is 4. The summed E-state index contributed by atoms with van der Waals surface area (Å²) in [5, 5.41) is 0.0440. The topological polar surface area (TPSA) is 172 Å². The highest BCUT2D eigenvalue weighted by molar-refractivity contribution is 5.90. The van der Waals surface area contributed by atoms with E-state index >= 15 is 0 Å². The van der Waals surface area contributed by atoms with Crippen LogP contribution < -0.4 is 19.6 Å². The Hall–Kier alpha value is -6.67. The number of rotatable bonds is 14. The lowest BCUT2D eigenvalue weighted by Gasteiger charge is -2.44. The van der Waals surface area contributed by atoms with Crippen LogP contribution in [0.4, 0.5) is 0 Å². The summed E-state index contributed by atoms with van der Waals surface area (Å²) in [5.74, 6) is -3.03. The predicted octanol–water partition coefficient (Wildman–Crippen LogP) is 6.08. The lowest BCUT2D eigenvalue weighted by atomic mass is 9.98. The second kappa shape index (κ2) is 18.3. The molecule has 0 unspecified atom stereocenters. The molecule has 0 aliphatic carbocycles. The van der Waals surface area contributed by atoms with Crippen molar-refractivity contribution >= 4 is 34.8 Å². The van der Waals surface area contributed by atoms with Crippen LogP contribution >= 0.6 is 0 Å². The average Bonchev–Trinajstić information content (AvgIpc) is 3.18. The molecule has 14 nitrogen and oxygen atoms in total. The third-order valence-electron chi connectivity index (χ3n) is 8.60. The Morgan fingerprint density at radius 1 is 0.614 bits per heavy atom. The normalized spacial score (nSPS) is 18.8. The van der Waals surface area contributed by atoms with E-state index in [4.69, 9.17) is 42.3 Å². The number of ether oxygens (including phenoxy) is 8. The molecule has 6 rings (SSSR count). The van der Waals surface area contributed by atoms with E-state index in [0.29, 0.717) is 5.56 Å². The fourth-order valence-corrected chi connectivity index (χ4v) is 6.22. The lowest BCUT2D eigenvalue weighted by molar-refractivity contribution is -0.288. The smallest absolute Gasteiger partial charge is 0.303 e. The van der Waals surface area contributed by atoms with E-state index in [2.05, 4.69) is 0 Å². The maximum atomic E-state index is 14.1. The molecule has 0 N–H and O–H groups in total. The number of carbonyl (C=O) groups excluding carboxylic acids is 4. The second-order valence-electron chi connectivity index (χ2n) is 13.0. The zero-order chi connectivity index (χ0) is 40.5. The summed E-state index contributed by atoms with van der Waals surface area (Å²) in [5.41, 5.74) is 1.75. The molecule has 57 heavy (non-hydrogen) atoms. The van der Waals surface area contributed by atoms with Gasteiger partial charge in [0.2, 0.25) is 18.1 Å². The molecule has 0 amide bonds. The summed E-state index contributed by atoms with van der Waals surface area (Å²) in [6.07, 6.45) is -7.45. The Labute approximate surface area is 327 Å².